The summed E-state index contributed by atoms with van der Waals surface area (Å²) in [4.78, 5) is 13.1. The number of aliphatic hydroxyl groups excluding tert-OH is 2. The summed E-state index contributed by atoms with van der Waals surface area (Å²) in [6.45, 7) is 13.6. The highest BCUT2D eigenvalue weighted by atomic mass is 35.5. The van der Waals surface area contributed by atoms with E-state index >= 15 is 0 Å². The van der Waals surface area contributed by atoms with Gasteiger partial charge in [-0.05, 0) is 116 Å². The Kier molecular flexibility index (Phi) is 19.8. The minimum absolute atomic E-state index is 0. The Bertz CT molecular complexity index is 1020. The number of nitrogens with zero attached hydrogens (tertiary/aromatic N) is 1. The molecule has 0 aliphatic heterocycles. The lowest BCUT2D eigenvalue weighted by Crippen LogP contribution is -2.52. The Labute approximate surface area is 317 Å². The number of nitrogens with one attached hydrogen (secondary N) is 1. The van der Waals surface area contributed by atoms with Crippen LogP contribution in [0, 0.1) is 52.3 Å². The fourth-order valence-corrected chi connectivity index (χ4v) is 11.0. The molecular weight excluding hydrogens is 683 g/mol. The van der Waals surface area contributed by atoms with Crippen molar-refractivity contribution in [1.82, 2.24) is 10.2 Å². The summed E-state index contributed by atoms with van der Waals surface area (Å²) in [6, 6.07) is 0.182. The van der Waals surface area contributed by atoms with Gasteiger partial charge >= 0.3 is 6.09 Å². The third-order valence-electron chi connectivity index (χ3n) is 13.7. The van der Waals surface area contributed by atoms with E-state index in [1.165, 1.54) is 62.7 Å². The van der Waals surface area contributed by atoms with Crippen molar-refractivity contribution in [2.45, 2.75) is 136 Å². The maximum Gasteiger partial charge on any atom is 0.407 e. The molecule has 0 spiro atoms. The molecule has 0 saturated heterocycles. The molecule has 290 valence electrons. The highest BCUT2D eigenvalue weighted by Gasteiger charge is 2.59. The summed E-state index contributed by atoms with van der Waals surface area (Å²) in [6.07, 6.45) is 16.1. The molecule has 0 aromatic heterocycles. The molecule has 4 aliphatic rings. The zero-order valence-corrected chi connectivity index (χ0v) is 33.6. The fraction of sp³-hybridized carbons (Fsp3) is 0.921. The van der Waals surface area contributed by atoms with Gasteiger partial charge in [-0.1, -0.05) is 65.5 Å². The maximum absolute atomic E-state index is 11.8. The van der Waals surface area contributed by atoms with Crippen LogP contribution in [-0.4, -0.2) is 77.3 Å². The molecule has 8 nitrogen and oxygen atoms in total. The Morgan fingerprint density at radius 2 is 1.63 bits per heavy atom. The van der Waals surface area contributed by atoms with Crippen LogP contribution in [0.2, 0.25) is 0 Å². The van der Waals surface area contributed by atoms with Crippen molar-refractivity contribution in [2.24, 2.45) is 63.7 Å². The van der Waals surface area contributed by atoms with Gasteiger partial charge in [-0.2, -0.15) is 0 Å². The molecule has 0 aromatic rings. The zero-order valence-electron chi connectivity index (χ0n) is 31.2. The van der Waals surface area contributed by atoms with E-state index in [0.29, 0.717) is 30.8 Å². The summed E-state index contributed by atoms with van der Waals surface area (Å²) in [5, 5.41) is 33.5. The average Bonchev–Trinajstić information content (AvgIpc) is 3.38. The first-order chi connectivity index (χ1) is 21.8. The van der Waals surface area contributed by atoms with Crippen molar-refractivity contribution in [3.05, 3.63) is 11.6 Å². The molecule has 8 N–H and O–H groups in total. The summed E-state index contributed by atoms with van der Waals surface area (Å²) in [7, 11) is 0. The van der Waals surface area contributed by atoms with Gasteiger partial charge < -0.3 is 37.0 Å². The van der Waals surface area contributed by atoms with Gasteiger partial charge in [0, 0.05) is 32.2 Å². The zero-order chi connectivity index (χ0) is 33.6. The number of halogens is 3. The van der Waals surface area contributed by atoms with Gasteiger partial charge in [-0.3, -0.25) is 0 Å². The molecule has 3 unspecified atom stereocenters. The molecular formula is C38H73Cl3N4O4. The van der Waals surface area contributed by atoms with Crippen LogP contribution in [-0.2, 0) is 0 Å². The molecule has 0 bridgehead atoms. The first-order valence-electron chi connectivity index (χ1n) is 19.0. The summed E-state index contributed by atoms with van der Waals surface area (Å²) < 4.78 is 0. The van der Waals surface area contributed by atoms with Gasteiger partial charge in [-0.25, -0.2) is 4.79 Å². The van der Waals surface area contributed by atoms with Crippen LogP contribution < -0.4 is 16.8 Å². The van der Waals surface area contributed by atoms with Gasteiger partial charge in [0.05, 0.1) is 18.8 Å². The molecule has 11 atom stereocenters. The second-order valence-electron chi connectivity index (χ2n) is 17.0. The highest BCUT2D eigenvalue weighted by Crippen LogP contribution is 2.67. The molecule has 49 heavy (non-hydrogen) atoms. The van der Waals surface area contributed by atoms with E-state index in [1.54, 1.807) is 5.57 Å². The highest BCUT2D eigenvalue weighted by molar-refractivity contribution is 5.86. The second kappa shape index (κ2) is 20.8. The van der Waals surface area contributed by atoms with Gasteiger partial charge in [0.25, 0.3) is 0 Å². The SMILES string of the molecule is CC(C)CCC[C@@H](C)[C@H]1CC[C@H]2[C@@H]3CC=C4C[C@@H](C(CCCN(CC(O)CN)C(=O)O)NCC(O)CN)CC[C@]4(C)[C@H]3CC[C@]12C.Cl.Cl.Cl. The molecule has 0 heterocycles. The molecule has 11 heteroatoms. The van der Waals surface area contributed by atoms with Crippen LogP contribution in [0.15, 0.2) is 11.6 Å². The number of carboxylic acid groups (broad SMARTS) is 1. The van der Waals surface area contributed by atoms with Crippen LogP contribution in [0.25, 0.3) is 0 Å². The number of amides is 1. The Morgan fingerprint density at radius 1 is 0.939 bits per heavy atom. The number of aliphatic hydroxyl groups is 2. The number of fused-ring (bicyclic) bond motifs is 5. The molecule has 4 aliphatic carbocycles. The van der Waals surface area contributed by atoms with E-state index in [4.69, 9.17) is 11.5 Å². The molecule has 3 fully saturated rings. The van der Waals surface area contributed by atoms with Crippen molar-refractivity contribution in [1.29, 1.82) is 0 Å². The number of allylic oxidation sites excluding steroid dienone is 2. The first kappa shape index (κ1) is 46.7. The Morgan fingerprint density at radius 3 is 2.27 bits per heavy atom. The van der Waals surface area contributed by atoms with Gasteiger partial charge in [-0.15, -0.1) is 37.2 Å². The van der Waals surface area contributed by atoms with E-state index in [-0.39, 0.29) is 68.3 Å². The Hall–Kier alpha value is -0.320. The number of hydrogen-bond acceptors (Lipinski definition) is 6. The third-order valence-corrected chi connectivity index (χ3v) is 13.7. The van der Waals surface area contributed by atoms with Crippen molar-refractivity contribution >= 4 is 43.3 Å². The molecule has 0 aromatic carbocycles. The molecule has 4 rings (SSSR count). The average molecular weight is 756 g/mol. The molecule has 1 amide bonds. The fourth-order valence-electron chi connectivity index (χ4n) is 11.0. The number of carbonyl (C=O) groups is 1. The van der Waals surface area contributed by atoms with Crippen LogP contribution in [0.5, 0.6) is 0 Å². The van der Waals surface area contributed by atoms with Crippen molar-refractivity contribution < 1.29 is 20.1 Å². The van der Waals surface area contributed by atoms with Crippen LogP contribution in [0.3, 0.4) is 0 Å². The molecule has 3 saturated carbocycles. The smallest absolute Gasteiger partial charge is 0.407 e. The predicted molar refractivity (Wildman–Crippen MR) is 209 cm³/mol. The molecule has 0 radical (unpaired) electrons. The maximum atomic E-state index is 11.8. The van der Waals surface area contributed by atoms with Crippen LogP contribution in [0.4, 0.5) is 4.79 Å². The van der Waals surface area contributed by atoms with Gasteiger partial charge in [0.1, 0.15) is 0 Å². The minimum Gasteiger partial charge on any atom is -0.465 e. The van der Waals surface area contributed by atoms with E-state index in [9.17, 15) is 20.1 Å². The summed E-state index contributed by atoms with van der Waals surface area (Å²) in [5.74, 6) is 5.43. The van der Waals surface area contributed by atoms with Crippen LogP contribution >= 0.6 is 37.2 Å². The first-order valence-corrected chi connectivity index (χ1v) is 19.0. The quantitative estimate of drug-likeness (QED) is 0.0858. The van der Waals surface area contributed by atoms with Crippen molar-refractivity contribution in [3.8, 4) is 0 Å². The normalized spacial score (nSPS) is 32.9. The van der Waals surface area contributed by atoms with E-state index in [0.717, 1.165) is 54.8 Å². The predicted octanol–water partition coefficient (Wildman–Crippen LogP) is 7.27. The minimum atomic E-state index is -1.02. The largest absolute Gasteiger partial charge is 0.465 e. The van der Waals surface area contributed by atoms with E-state index < -0.39 is 18.3 Å². The van der Waals surface area contributed by atoms with Crippen molar-refractivity contribution in [3.63, 3.8) is 0 Å². The second-order valence-corrected chi connectivity index (χ2v) is 17.0. The monoisotopic (exact) mass is 754 g/mol. The third kappa shape index (κ3) is 11.1. The van der Waals surface area contributed by atoms with Crippen molar-refractivity contribution in [2.75, 3.05) is 32.7 Å². The van der Waals surface area contributed by atoms with E-state index in [1.807, 2.05) is 0 Å². The standard InChI is InChI=1S/C38H70N4O4.3ClH/c1-25(2)8-6-9-26(3)32-13-14-33-31-12-11-28-20-27(15-17-37(28,4)34(31)16-18-38(32,33)5)35(41-23-29(43)21-39)10-7-19-42(36(45)46)24-30(44)22-40;;;/h11,25-27,29-35,41,43-44H,6-10,12-24,39-40H2,1-5H3,(H,45,46);3*1H/t26-,27+,29?,30?,31+,32-,33+,34+,35?,37+,38-;;;/m1.../s1. The van der Waals surface area contributed by atoms with Crippen LogP contribution in [0.1, 0.15) is 118 Å². The number of rotatable bonds is 17. The Balaban J connectivity index is 0.00000400. The lowest BCUT2D eigenvalue weighted by molar-refractivity contribution is -0.0538. The topological polar surface area (TPSA) is 145 Å². The van der Waals surface area contributed by atoms with E-state index in [2.05, 4.69) is 46.0 Å². The van der Waals surface area contributed by atoms with Gasteiger partial charge in [0.2, 0.25) is 0 Å². The lowest BCUT2D eigenvalue weighted by atomic mass is 9.46. The van der Waals surface area contributed by atoms with Gasteiger partial charge in [0.15, 0.2) is 0 Å². The summed E-state index contributed by atoms with van der Waals surface area (Å²) in [5.41, 5.74) is 13.7. The lowest BCUT2D eigenvalue weighted by Gasteiger charge is -2.59. The summed E-state index contributed by atoms with van der Waals surface area (Å²) >= 11 is 0. The number of hydrogen-bond donors (Lipinski definition) is 6. The number of nitrogens with two attached hydrogens (primary N) is 2.